The molecule has 0 aromatic heterocycles. The minimum atomic E-state index is -0.00590. The van der Waals surface area contributed by atoms with Crippen LogP contribution in [0.1, 0.15) is 36.8 Å². The van der Waals surface area contributed by atoms with Crippen molar-refractivity contribution >= 4 is 5.78 Å². The van der Waals surface area contributed by atoms with E-state index < -0.39 is 0 Å². The number of carbonyl (C=O) groups is 1. The van der Waals surface area contributed by atoms with Crippen LogP contribution in [0.25, 0.3) is 0 Å². The first-order valence-corrected chi connectivity index (χ1v) is 13.4. The van der Waals surface area contributed by atoms with Gasteiger partial charge in [-0.05, 0) is 62.0 Å². The number of carbonyl (C=O) groups excluding carboxylic acids is 1. The highest BCUT2D eigenvalue weighted by atomic mass is 16.6. The van der Waals surface area contributed by atoms with E-state index in [9.17, 15) is 4.79 Å². The SMILES string of the molecule is COCCOCCOCCOCCOCCOc1ccc2c(c1)[C@]13CCN(C)[C@H](C2)[C@@H]1CCC(=O)C3. The number of Topliss-reactive ketones (excluding diaryl/α,β-unsaturated/α-hetero) is 1. The quantitative estimate of drug-likeness (QED) is 0.318. The number of nitrogens with zero attached hydrogens (tertiary/aromatic N) is 1. The Morgan fingerprint density at radius 3 is 2.22 bits per heavy atom. The molecule has 4 rings (SSSR count). The van der Waals surface area contributed by atoms with Gasteiger partial charge < -0.3 is 33.3 Å². The molecule has 1 saturated carbocycles. The summed E-state index contributed by atoms with van der Waals surface area (Å²) in [6, 6.07) is 7.06. The number of fused-ring (bicyclic) bond motifs is 1. The van der Waals surface area contributed by atoms with Crippen LogP contribution in [0.4, 0.5) is 0 Å². The van der Waals surface area contributed by atoms with Crippen molar-refractivity contribution in [2.24, 2.45) is 5.92 Å². The molecule has 1 heterocycles. The van der Waals surface area contributed by atoms with Crippen LogP contribution >= 0.6 is 0 Å². The fourth-order valence-electron chi connectivity index (χ4n) is 6.21. The summed E-state index contributed by atoms with van der Waals surface area (Å²) in [6.07, 6.45) is 4.57. The topological polar surface area (TPSA) is 75.7 Å². The van der Waals surface area contributed by atoms with Crippen molar-refractivity contribution in [1.82, 2.24) is 4.90 Å². The molecule has 36 heavy (non-hydrogen) atoms. The standard InChI is InChI=1S/C28H43NO7/c1-29-8-7-28-21-23(30)4-6-25(28)27(29)19-22-3-5-24(20-26(22)28)36-18-17-35-16-15-34-14-13-33-12-11-32-10-9-31-2/h3,5,20,25,27H,4,6-19,21H2,1-2H3/t25-,27+,28-/m0/s1. The lowest BCUT2D eigenvalue weighted by molar-refractivity contribution is -0.126. The van der Waals surface area contributed by atoms with Gasteiger partial charge in [0.15, 0.2) is 0 Å². The Hall–Kier alpha value is -1.55. The molecule has 3 atom stereocenters. The van der Waals surface area contributed by atoms with Crippen molar-refractivity contribution < 1.29 is 33.2 Å². The molecule has 8 heteroatoms. The molecule has 2 bridgehead atoms. The lowest BCUT2D eigenvalue weighted by Gasteiger charge is -2.58. The van der Waals surface area contributed by atoms with Gasteiger partial charge in [-0.2, -0.15) is 0 Å². The lowest BCUT2D eigenvalue weighted by Crippen LogP contribution is -2.60. The Morgan fingerprint density at radius 1 is 0.917 bits per heavy atom. The highest BCUT2D eigenvalue weighted by Crippen LogP contribution is 2.55. The third kappa shape index (κ3) is 6.85. The Balaban J connectivity index is 1.13. The molecule has 1 saturated heterocycles. The van der Waals surface area contributed by atoms with Crippen LogP contribution in [0.5, 0.6) is 5.75 Å². The Bertz CT molecular complexity index is 834. The van der Waals surface area contributed by atoms with Crippen molar-refractivity contribution in [2.45, 2.75) is 43.6 Å². The van der Waals surface area contributed by atoms with Crippen LogP contribution < -0.4 is 4.74 Å². The van der Waals surface area contributed by atoms with Crippen LogP contribution in [-0.4, -0.2) is 103 Å². The number of likely N-dealkylation sites (tertiary alicyclic amines) is 1. The van der Waals surface area contributed by atoms with Gasteiger partial charge in [-0.15, -0.1) is 0 Å². The summed E-state index contributed by atoms with van der Waals surface area (Å²) in [7, 11) is 3.90. The van der Waals surface area contributed by atoms with Crippen LogP contribution in [0, 0.1) is 5.92 Å². The normalized spacial score (nSPS) is 25.4. The zero-order chi connectivity index (χ0) is 25.2. The molecule has 2 aliphatic carbocycles. The Labute approximate surface area is 215 Å². The van der Waals surface area contributed by atoms with Crippen LogP contribution in [0.3, 0.4) is 0 Å². The first-order valence-electron chi connectivity index (χ1n) is 13.4. The molecule has 0 amide bonds. The van der Waals surface area contributed by atoms with Gasteiger partial charge >= 0.3 is 0 Å². The van der Waals surface area contributed by atoms with Crippen molar-refractivity contribution in [3.05, 3.63) is 29.3 Å². The van der Waals surface area contributed by atoms with E-state index in [0.29, 0.717) is 90.2 Å². The second-order valence-electron chi connectivity index (χ2n) is 10.1. The molecule has 1 aliphatic heterocycles. The van der Waals surface area contributed by atoms with E-state index in [4.69, 9.17) is 28.4 Å². The van der Waals surface area contributed by atoms with Gasteiger partial charge in [0.1, 0.15) is 18.1 Å². The van der Waals surface area contributed by atoms with E-state index in [1.807, 2.05) is 0 Å². The van der Waals surface area contributed by atoms with Gasteiger partial charge in [0, 0.05) is 31.4 Å². The number of likely N-dealkylation sites (N-methyl/N-ethyl adjacent to an activating group) is 1. The maximum atomic E-state index is 12.5. The van der Waals surface area contributed by atoms with Crippen LogP contribution in [-0.2, 0) is 40.3 Å². The minimum Gasteiger partial charge on any atom is -0.491 e. The van der Waals surface area contributed by atoms with Gasteiger partial charge in [0.2, 0.25) is 0 Å². The monoisotopic (exact) mass is 505 g/mol. The van der Waals surface area contributed by atoms with E-state index in [0.717, 1.165) is 38.0 Å². The van der Waals surface area contributed by atoms with E-state index in [1.165, 1.54) is 11.1 Å². The van der Waals surface area contributed by atoms with Crippen LogP contribution in [0.15, 0.2) is 18.2 Å². The summed E-state index contributed by atoms with van der Waals surface area (Å²) in [4.78, 5) is 15.0. The molecule has 0 unspecified atom stereocenters. The fraction of sp³-hybridized carbons (Fsp3) is 0.750. The van der Waals surface area contributed by atoms with Crippen molar-refractivity contribution in [1.29, 1.82) is 0 Å². The lowest BCUT2D eigenvalue weighted by atomic mass is 9.52. The maximum Gasteiger partial charge on any atom is 0.133 e. The third-order valence-corrected chi connectivity index (χ3v) is 7.99. The second-order valence-corrected chi connectivity index (χ2v) is 10.1. The zero-order valence-corrected chi connectivity index (χ0v) is 22.0. The average Bonchev–Trinajstić information content (AvgIpc) is 2.88. The molecule has 0 spiro atoms. The molecule has 3 aliphatic rings. The predicted molar refractivity (Wildman–Crippen MR) is 136 cm³/mol. The average molecular weight is 506 g/mol. The number of methoxy groups -OCH3 is 1. The van der Waals surface area contributed by atoms with E-state index in [-0.39, 0.29) is 5.41 Å². The minimum absolute atomic E-state index is 0.00590. The molecule has 0 N–H and O–H groups in total. The molecular formula is C28H43NO7. The number of ketones is 1. The maximum absolute atomic E-state index is 12.5. The van der Waals surface area contributed by atoms with Gasteiger partial charge in [0.05, 0.1) is 59.5 Å². The second kappa shape index (κ2) is 13.8. The summed E-state index contributed by atoms with van der Waals surface area (Å²) in [6.45, 7) is 6.50. The van der Waals surface area contributed by atoms with E-state index >= 15 is 0 Å². The number of ether oxygens (including phenoxy) is 6. The molecular weight excluding hydrogens is 462 g/mol. The summed E-state index contributed by atoms with van der Waals surface area (Å²) in [5.74, 6) is 1.86. The number of rotatable bonds is 16. The molecule has 202 valence electrons. The van der Waals surface area contributed by atoms with Gasteiger partial charge in [-0.3, -0.25) is 4.79 Å². The molecule has 1 aromatic carbocycles. The first kappa shape index (κ1) is 27.5. The van der Waals surface area contributed by atoms with Crippen LogP contribution in [0.2, 0.25) is 0 Å². The van der Waals surface area contributed by atoms with Gasteiger partial charge in [-0.1, -0.05) is 6.07 Å². The van der Waals surface area contributed by atoms with Crippen molar-refractivity contribution in [3.63, 3.8) is 0 Å². The fourth-order valence-corrected chi connectivity index (χ4v) is 6.21. The smallest absolute Gasteiger partial charge is 0.133 e. The zero-order valence-electron chi connectivity index (χ0n) is 22.0. The summed E-state index contributed by atoms with van der Waals surface area (Å²) in [5, 5.41) is 0. The summed E-state index contributed by atoms with van der Waals surface area (Å²) in [5.41, 5.74) is 2.75. The largest absolute Gasteiger partial charge is 0.491 e. The van der Waals surface area contributed by atoms with E-state index in [2.05, 4.69) is 30.1 Å². The van der Waals surface area contributed by atoms with Gasteiger partial charge in [-0.25, -0.2) is 0 Å². The number of piperidine rings is 1. The highest BCUT2D eigenvalue weighted by Gasteiger charge is 2.54. The van der Waals surface area contributed by atoms with E-state index in [1.54, 1.807) is 7.11 Å². The van der Waals surface area contributed by atoms with Gasteiger partial charge in [0.25, 0.3) is 0 Å². The summed E-state index contributed by atoms with van der Waals surface area (Å²) >= 11 is 0. The van der Waals surface area contributed by atoms with Crippen molar-refractivity contribution in [2.75, 3.05) is 86.8 Å². The predicted octanol–water partition coefficient (Wildman–Crippen LogP) is 2.65. The Kier molecular flexibility index (Phi) is 10.6. The highest BCUT2D eigenvalue weighted by molar-refractivity contribution is 5.81. The summed E-state index contributed by atoms with van der Waals surface area (Å²) < 4.78 is 32.9. The molecule has 0 radical (unpaired) electrons. The number of hydrogen-bond acceptors (Lipinski definition) is 8. The Morgan fingerprint density at radius 2 is 1.56 bits per heavy atom. The number of benzene rings is 1. The molecule has 8 nitrogen and oxygen atoms in total. The first-order chi connectivity index (χ1) is 17.6. The third-order valence-electron chi connectivity index (χ3n) is 7.99. The molecule has 1 aromatic rings. The molecule has 2 fully saturated rings. The number of hydrogen-bond donors (Lipinski definition) is 0. The van der Waals surface area contributed by atoms with Crippen molar-refractivity contribution in [3.8, 4) is 5.75 Å².